The van der Waals surface area contributed by atoms with Gasteiger partial charge in [-0.2, -0.15) is 0 Å². The van der Waals surface area contributed by atoms with E-state index in [0.717, 1.165) is 19.0 Å². The van der Waals surface area contributed by atoms with Crippen molar-refractivity contribution in [1.82, 2.24) is 14.7 Å². The molecule has 2 atom stereocenters. The topological polar surface area (TPSA) is 26.8 Å². The second-order valence-electron chi connectivity index (χ2n) is 8.10. The maximum atomic E-state index is 12.2. The highest BCUT2D eigenvalue weighted by molar-refractivity contribution is 5.77. The van der Waals surface area contributed by atoms with Crippen molar-refractivity contribution >= 4 is 5.91 Å². The molecule has 0 radical (unpaired) electrons. The highest BCUT2D eigenvalue weighted by Gasteiger charge is 2.39. The molecule has 1 aromatic rings. The second kappa shape index (κ2) is 6.49. The van der Waals surface area contributed by atoms with Crippen molar-refractivity contribution in [2.24, 2.45) is 5.92 Å². The van der Waals surface area contributed by atoms with Gasteiger partial charge in [0.15, 0.2) is 0 Å². The SMILES string of the molecule is CN(C)C(=O)CN1C[C@H]2CC[C@@H]1CN(C1Cc3ccccc3C1)C2. The van der Waals surface area contributed by atoms with Crippen LogP contribution in [0.5, 0.6) is 0 Å². The van der Waals surface area contributed by atoms with Crippen LogP contribution in [0, 0.1) is 5.92 Å². The van der Waals surface area contributed by atoms with E-state index in [1.165, 1.54) is 32.2 Å². The molecule has 0 saturated carbocycles. The fraction of sp³-hybridized carbons (Fsp3) is 0.650. The highest BCUT2D eigenvalue weighted by Crippen LogP contribution is 2.32. The number of amides is 1. The normalized spacial score (nSPS) is 27.9. The molecule has 0 unspecified atom stereocenters. The summed E-state index contributed by atoms with van der Waals surface area (Å²) in [6.07, 6.45) is 4.98. The van der Waals surface area contributed by atoms with E-state index in [2.05, 4.69) is 34.1 Å². The summed E-state index contributed by atoms with van der Waals surface area (Å²) in [4.78, 5) is 19.1. The summed E-state index contributed by atoms with van der Waals surface area (Å²) in [5, 5.41) is 0. The van der Waals surface area contributed by atoms with Crippen LogP contribution < -0.4 is 0 Å². The first kappa shape index (κ1) is 16.1. The summed E-state index contributed by atoms with van der Waals surface area (Å²) in [5.74, 6) is 0.963. The lowest BCUT2D eigenvalue weighted by atomic mass is 9.95. The molecule has 3 heterocycles. The molecule has 3 aliphatic heterocycles. The van der Waals surface area contributed by atoms with Crippen molar-refractivity contribution in [1.29, 1.82) is 0 Å². The first-order valence-corrected chi connectivity index (χ1v) is 9.35. The molecule has 4 heteroatoms. The molecule has 0 N–H and O–H groups in total. The quantitative estimate of drug-likeness (QED) is 0.844. The van der Waals surface area contributed by atoms with Gasteiger partial charge in [0.1, 0.15) is 0 Å². The largest absolute Gasteiger partial charge is 0.348 e. The Morgan fingerprint density at radius 1 is 1.04 bits per heavy atom. The number of hydrogen-bond acceptors (Lipinski definition) is 3. The van der Waals surface area contributed by atoms with Gasteiger partial charge >= 0.3 is 0 Å². The number of fused-ring (bicyclic) bond motifs is 5. The van der Waals surface area contributed by atoms with E-state index in [9.17, 15) is 4.79 Å². The van der Waals surface area contributed by atoms with Crippen LogP contribution >= 0.6 is 0 Å². The van der Waals surface area contributed by atoms with Crippen LogP contribution in [-0.4, -0.2) is 73.0 Å². The lowest BCUT2D eigenvalue weighted by Crippen LogP contribution is -2.48. The van der Waals surface area contributed by atoms with Gasteiger partial charge in [-0.3, -0.25) is 14.6 Å². The Hall–Kier alpha value is -1.39. The van der Waals surface area contributed by atoms with Gasteiger partial charge in [-0.05, 0) is 42.7 Å². The molecular weight excluding hydrogens is 298 g/mol. The fourth-order valence-corrected chi connectivity index (χ4v) is 4.82. The minimum absolute atomic E-state index is 0.238. The molecule has 0 aromatic heterocycles. The van der Waals surface area contributed by atoms with Crippen LogP contribution in [0.3, 0.4) is 0 Å². The number of piperidine rings is 1. The molecule has 2 bridgehead atoms. The molecule has 4 nitrogen and oxygen atoms in total. The van der Waals surface area contributed by atoms with Gasteiger partial charge in [-0.15, -0.1) is 0 Å². The van der Waals surface area contributed by atoms with E-state index in [1.807, 2.05) is 14.1 Å². The van der Waals surface area contributed by atoms with Crippen LogP contribution in [0.15, 0.2) is 24.3 Å². The highest BCUT2D eigenvalue weighted by atomic mass is 16.2. The summed E-state index contributed by atoms with van der Waals surface area (Å²) in [7, 11) is 3.72. The van der Waals surface area contributed by atoms with Crippen LogP contribution in [0.1, 0.15) is 24.0 Å². The summed E-state index contributed by atoms with van der Waals surface area (Å²) in [5.41, 5.74) is 3.08. The Balaban J connectivity index is 1.44. The number of nitrogens with zero attached hydrogens (tertiary/aromatic N) is 3. The minimum Gasteiger partial charge on any atom is -0.348 e. The van der Waals surface area contributed by atoms with E-state index < -0.39 is 0 Å². The number of likely N-dealkylation sites (N-methyl/N-ethyl adjacent to an activating group) is 1. The third-order valence-corrected chi connectivity index (χ3v) is 6.24. The number of rotatable bonds is 3. The minimum atomic E-state index is 0.238. The molecule has 0 spiro atoms. The molecule has 130 valence electrons. The van der Waals surface area contributed by atoms with Crippen molar-refractivity contribution in [3.05, 3.63) is 35.4 Å². The molecule has 1 aliphatic carbocycles. The van der Waals surface area contributed by atoms with Crippen molar-refractivity contribution in [2.45, 2.75) is 37.8 Å². The number of hydrogen-bond donors (Lipinski definition) is 0. The molecule has 24 heavy (non-hydrogen) atoms. The first-order valence-electron chi connectivity index (χ1n) is 9.35. The average Bonchev–Trinajstić information content (AvgIpc) is 2.80. The lowest BCUT2D eigenvalue weighted by molar-refractivity contribution is -0.130. The van der Waals surface area contributed by atoms with E-state index in [1.54, 1.807) is 16.0 Å². The molecule has 4 aliphatic rings. The van der Waals surface area contributed by atoms with Gasteiger partial charge in [0, 0.05) is 45.8 Å². The third-order valence-electron chi connectivity index (χ3n) is 6.24. The molecule has 1 amide bonds. The smallest absolute Gasteiger partial charge is 0.236 e. The Labute approximate surface area is 145 Å². The average molecular weight is 327 g/mol. The standard InChI is InChI=1S/C20H29N3O/c1-21(2)20(24)14-23-12-15-7-8-18(23)13-22(11-15)19-9-16-5-3-4-6-17(16)10-19/h3-6,15,18-19H,7-14H2,1-2H3/t15-,18+/m0/s1. The summed E-state index contributed by atoms with van der Waals surface area (Å²) in [6, 6.07) is 10.1. The summed E-state index contributed by atoms with van der Waals surface area (Å²) < 4.78 is 0. The fourth-order valence-electron chi connectivity index (χ4n) is 4.82. The maximum Gasteiger partial charge on any atom is 0.236 e. The molecular formula is C20H29N3O. The second-order valence-corrected chi connectivity index (χ2v) is 8.10. The Morgan fingerprint density at radius 3 is 2.42 bits per heavy atom. The zero-order valence-corrected chi connectivity index (χ0v) is 14.9. The zero-order chi connectivity index (χ0) is 16.7. The predicted octanol–water partition coefficient (Wildman–Crippen LogP) is 1.64. The van der Waals surface area contributed by atoms with Crippen molar-refractivity contribution in [2.75, 3.05) is 40.3 Å². The van der Waals surface area contributed by atoms with Crippen LogP contribution in [-0.2, 0) is 17.6 Å². The number of carbonyl (C=O) groups excluding carboxylic acids is 1. The first-order chi connectivity index (χ1) is 11.6. The van der Waals surface area contributed by atoms with Crippen LogP contribution in [0.4, 0.5) is 0 Å². The summed E-state index contributed by atoms with van der Waals surface area (Å²) in [6.45, 7) is 4.03. The van der Waals surface area contributed by atoms with Gasteiger partial charge in [0.05, 0.1) is 6.54 Å². The summed E-state index contributed by atoms with van der Waals surface area (Å²) >= 11 is 0. The van der Waals surface area contributed by atoms with E-state index >= 15 is 0 Å². The Kier molecular flexibility index (Phi) is 4.35. The van der Waals surface area contributed by atoms with Crippen molar-refractivity contribution in [3.63, 3.8) is 0 Å². The zero-order valence-electron chi connectivity index (χ0n) is 14.9. The van der Waals surface area contributed by atoms with Gasteiger partial charge in [0.25, 0.3) is 0 Å². The molecule has 3 fully saturated rings. The van der Waals surface area contributed by atoms with Crippen LogP contribution in [0.2, 0.25) is 0 Å². The third kappa shape index (κ3) is 3.09. The van der Waals surface area contributed by atoms with Crippen molar-refractivity contribution in [3.8, 4) is 0 Å². The van der Waals surface area contributed by atoms with Crippen LogP contribution in [0.25, 0.3) is 0 Å². The van der Waals surface area contributed by atoms with Gasteiger partial charge in [-0.1, -0.05) is 24.3 Å². The van der Waals surface area contributed by atoms with Gasteiger partial charge < -0.3 is 4.90 Å². The molecule has 5 rings (SSSR count). The van der Waals surface area contributed by atoms with E-state index in [0.29, 0.717) is 18.6 Å². The number of benzene rings is 1. The Bertz CT molecular complexity index is 590. The maximum absolute atomic E-state index is 12.2. The van der Waals surface area contributed by atoms with Gasteiger partial charge in [0.2, 0.25) is 5.91 Å². The van der Waals surface area contributed by atoms with Crippen molar-refractivity contribution < 1.29 is 4.79 Å². The molecule has 3 saturated heterocycles. The monoisotopic (exact) mass is 327 g/mol. The molecule has 1 aromatic carbocycles. The number of carbonyl (C=O) groups is 1. The predicted molar refractivity (Wildman–Crippen MR) is 96.0 cm³/mol. The van der Waals surface area contributed by atoms with E-state index in [4.69, 9.17) is 0 Å². The van der Waals surface area contributed by atoms with Gasteiger partial charge in [-0.25, -0.2) is 0 Å². The Morgan fingerprint density at radius 2 is 1.75 bits per heavy atom. The lowest BCUT2D eigenvalue weighted by Gasteiger charge is -2.36. The van der Waals surface area contributed by atoms with E-state index in [-0.39, 0.29) is 5.91 Å².